The van der Waals surface area contributed by atoms with Crippen molar-refractivity contribution in [1.82, 2.24) is 9.62 Å². The summed E-state index contributed by atoms with van der Waals surface area (Å²) in [5, 5.41) is 13.2. The van der Waals surface area contributed by atoms with Crippen LogP contribution in [0.5, 0.6) is 5.75 Å². The summed E-state index contributed by atoms with van der Waals surface area (Å²) >= 11 is 5.98. The number of halogens is 1. The summed E-state index contributed by atoms with van der Waals surface area (Å²) in [5.41, 5.74) is 5.61. The summed E-state index contributed by atoms with van der Waals surface area (Å²) in [6.45, 7) is 1.24. The van der Waals surface area contributed by atoms with Crippen LogP contribution in [0.15, 0.2) is 17.0 Å². The second kappa shape index (κ2) is 4.77. The molecule has 2 aliphatic rings. The summed E-state index contributed by atoms with van der Waals surface area (Å²) in [6, 6.07) is 2.61. The average molecular weight is 318 g/mol. The number of nitrogens with one attached hydrogen (secondary N) is 1. The highest BCUT2D eigenvalue weighted by molar-refractivity contribution is 7.89. The molecule has 0 amide bonds. The summed E-state index contributed by atoms with van der Waals surface area (Å²) in [6.07, 6.45) is 1.63. The molecule has 1 aromatic rings. The van der Waals surface area contributed by atoms with E-state index < -0.39 is 15.8 Å². The van der Waals surface area contributed by atoms with Crippen LogP contribution in [0.2, 0.25) is 5.02 Å². The summed E-state index contributed by atoms with van der Waals surface area (Å²) in [4.78, 5) is -0.280. The maximum Gasteiger partial charge on any atom is 0.248 e. The number of nitrogens with zero attached hydrogens (tertiary/aromatic N) is 1. The summed E-state index contributed by atoms with van der Waals surface area (Å²) < 4.78 is 27.2. The fourth-order valence-corrected chi connectivity index (χ4v) is 5.52. The Morgan fingerprint density at radius 2 is 1.90 bits per heavy atom. The van der Waals surface area contributed by atoms with Crippen molar-refractivity contribution in [2.24, 2.45) is 0 Å². The Hall–Kier alpha value is -1.02. The molecule has 0 aromatic heterocycles. The van der Waals surface area contributed by atoms with Gasteiger partial charge in [0, 0.05) is 25.2 Å². The molecule has 20 heavy (non-hydrogen) atoms. The number of nitrogen functional groups attached to an aromatic ring is 1. The molecule has 1 aromatic carbocycles. The van der Waals surface area contributed by atoms with Gasteiger partial charge in [-0.3, -0.25) is 0 Å². The van der Waals surface area contributed by atoms with Crippen LogP contribution in [0.3, 0.4) is 0 Å². The standard InChI is InChI=1S/C12H16ClN3O3S/c13-9-3-4-10(14)11(17)12(9)20(18,19)16-7-1-2-8(16)6-15-5-7/h3-4,7-8,15,17H,1-2,5-6,14H2. The van der Waals surface area contributed by atoms with Gasteiger partial charge in [0.25, 0.3) is 0 Å². The van der Waals surface area contributed by atoms with Gasteiger partial charge in [-0.15, -0.1) is 0 Å². The third kappa shape index (κ3) is 1.96. The number of phenolic OH excluding ortho intramolecular Hbond substituents is 1. The van der Waals surface area contributed by atoms with E-state index in [-0.39, 0.29) is 27.7 Å². The number of anilines is 1. The molecule has 2 heterocycles. The molecule has 4 N–H and O–H groups in total. The fraction of sp³-hybridized carbons (Fsp3) is 0.500. The topological polar surface area (TPSA) is 95.7 Å². The number of sulfonamides is 1. The van der Waals surface area contributed by atoms with E-state index in [0.717, 1.165) is 12.8 Å². The monoisotopic (exact) mass is 317 g/mol. The molecule has 2 aliphatic heterocycles. The molecule has 0 radical (unpaired) electrons. The second-order valence-electron chi connectivity index (χ2n) is 5.19. The molecule has 6 nitrogen and oxygen atoms in total. The number of fused-ring (bicyclic) bond motifs is 2. The van der Waals surface area contributed by atoms with Gasteiger partial charge >= 0.3 is 0 Å². The maximum atomic E-state index is 12.8. The van der Waals surface area contributed by atoms with E-state index in [1.54, 1.807) is 0 Å². The molecule has 2 atom stereocenters. The van der Waals surface area contributed by atoms with Crippen LogP contribution >= 0.6 is 11.6 Å². The molecule has 2 fully saturated rings. The van der Waals surface area contributed by atoms with Gasteiger partial charge < -0.3 is 16.2 Å². The van der Waals surface area contributed by atoms with Crippen LogP contribution in [0.1, 0.15) is 12.8 Å². The molecule has 3 rings (SSSR count). The lowest BCUT2D eigenvalue weighted by atomic mass is 10.2. The number of benzene rings is 1. The van der Waals surface area contributed by atoms with Crippen LogP contribution in [0, 0.1) is 0 Å². The van der Waals surface area contributed by atoms with Crippen LogP contribution in [0.4, 0.5) is 5.69 Å². The van der Waals surface area contributed by atoms with Gasteiger partial charge in [0.05, 0.1) is 10.7 Å². The fourth-order valence-electron chi connectivity index (χ4n) is 3.04. The predicted octanol–water partition coefficient (Wildman–Crippen LogP) is 0.753. The minimum atomic E-state index is -3.85. The van der Waals surface area contributed by atoms with E-state index >= 15 is 0 Å². The van der Waals surface area contributed by atoms with Crippen LogP contribution < -0.4 is 11.1 Å². The van der Waals surface area contributed by atoms with Gasteiger partial charge in [0.15, 0.2) is 5.75 Å². The molecule has 2 bridgehead atoms. The van der Waals surface area contributed by atoms with Gasteiger partial charge in [-0.2, -0.15) is 4.31 Å². The smallest absolute Gasteiger partial charge is 0.248 e. The number of hydrogen-bond acceptors (Lipinski definition) is 5. The zero-order valence-electron chi connectivity index (χ0n) is 10.7. The summed E-state index contributed by atoms with van der Waals surface area (Å²) in [5.74, 6) is -0.463. The van der Waals surface area contributed by atoms with E-state index in [1.807, 2.05) is 0 Å². The molecule has 2 unspecified atom stereocenters. The lowest BCUT2D eigenvalue weighted by Gasteiger charge is -2.34. The Balaban J connectivity index is 2.12. The Bertz CT molecular complexity index is 634. The van der Waals surface area contributed by atoms with E-state index in [9.17, 15) is 13.5 Å². The van der Waals surface area contributed by atoms with E-state index in [0.29, 0.717) is 13.1 Å². The number of hydrogen-bond donors (Lipinski definition) is 3. The molecule has 8 heteroatoms. The molecule has 110 valence electrons. The minimum Gasteiger partial charge on any atom is -0.504 e. The third-order valence-corrected chi connectivity index (χ3v) is 6.47. The SMILES string of the molecule is Nc1ccc(Cl)c(S(=O)(=O)N2C3CCC2CNC3)c1O. The lowest BCUT2D eigenvalue weighted by molar-refractivity contribution is 0.262. The van der Waals surface area contributed by atoms with Crippen LogP contribution in [-0.2, 0) is 10.0 Å². The highest BCUT2D eigenvalue weighted by Gasteiger charge is 2.45. The Morgan fingerprint density at radius 1 is 1.30 bits per heavy atom. The largest absolute Gasteiger partial charge is 0.504 e. The summed E-state index contributed by atoms with van der Waals surface area (Å²) in [7, 11) is -3.85. The molecular weight excluding hydrogens is 302 g/mol. The van der Waals surface area contributed by atoms with Gasteiger partial charge in [-0.25, -0.2) is 8.42 Å². The first-order valence-electron chi connectivity index (χ1n) is 6.44. The molecular formula is C12H16ClN3O3S. The molecule has 0 aliphatic carbocycles. The van der Waals surface area contributed by atoms with E-state index in [1.165, 1.54) is 16.4 Å². The lowest BCUT2D eigenvalue weighted by Crippen LogP contribution is -2.54. The van der Waals surface area contributed by atoms with Crippen molar-refractivity contribution in [1.29, 1.82) is 0 Å². The zero-order valence-corrected chi connectivity index (χ0v) is 12.3. The van der Waals surface area contributed by atoms with Crippen LogP contribution in [-0.4, -0.2) is 43.0 Å². The number of rotatable bonds is 2. The van der Waals surface area contributed by atoms with Crippen molar-refractivity contribution in [2.75, 3.05) is 18.8 Å². The first-order chi connectivity index (χ1) is 9.43. The van der Waals surface area contributed by atoms with Crippen molar-refractivity contribution < 1.29 is 13.5 Å². The normalized spacial score (nSPS) is 26.9. The van der Waals surface area contributed by atoms with Crippen LogP contribution in [0.25, 0.3) is 0 Å². The average Bonchev–Trinajstić information content (AvgIpc) is 2.66. The maximum absolute atomic E-state index is 12.8. The number of nitrogens with two attached hydrogens (primary N) is 1. The third-order valence-electron chi connectivity index (χ3n) is 3.96. The van der Waals surface area contributed by atoms with Crippen molar-refractivity contribution in [3.63, 3.8) is 0 Å². The van der Waals surface area contributed by atoms with Gasteiger partial charge in [0.2, 0.25) is 10.0 Å². The number of phenols is 1. The van der Waals surface area contributed by atoms with Gasteiger partial charge in [-0.05, 0) is 25.0 Å². The first-order valence-corrected chi connectivity index (χ1v) is 8.26. The van der Waals surface area contributed by atoms with Crippen molar-refractivity contribution in [2.45, 2.75) is 29.8 Å². The first kappa shape index (κ1) is 13.9. The van der Waals surface area contributed by atoms with E-state index in [4.69, 9.17) is 17.3 Å². The quantitative estimate of drug-likeness (QED) is 0.552. The molecule has 2 saturated heterocycles. The molecule has 0 spiro atoms. The Kier molecular flexibility index (Phi) is 3.32. The van der Waals surface area contributed by atoms with Crippen molar-refractivity contribution in [3.8, 4) is 5.75 Å². The number of aromatic hydroxyl groups is 1. The Labute approximate surface area is 122 Å². The van der Waals surface area contributed by atoms with Crippen molar-refractivity contribution in [3.05, 3.63) is 17.2 Å². The zero-order chi connectivity index (χ0) is 14.5. The number of piperazine rings is 1. The highest BCUT2D eigenvalue weighted by atomic mass is 35.5. The second-order valence-corrected chi connectivity index (χ2v) is 7.38. The highest BCUT2D eigenvalue weighted by Crippen LogP contribution is 2.41. The van der Waals surface area contributed by atoms with Gasteiger partial charge in [0.1, 0.15) is 4.90 Å². The van der Waals surface area contributed by atoms with Crippen molar-refractivity contribution >= 4 is 27.3 Å². The Morgan fingerprint density at radius 3 is 2.50 bits per heavy atom. The predicted molar refractivity (Wildman–Crippen MR) is 76.2 cm³/mol. The minimum absolute atomic E-state index is 0.00497. The molecule has 0 saturated carbocycles. The van der Waals surface area contributed by atoms with Gasteiger partial charge in [-0.1, -0.05) is 11.6 Å². The van der Waals surface area contributed by atoms with E-state index in [2.05, 4.69) is 5.32 Å².